The first-order valence-corrected chi connectivity index (χ1v) is 6.16. The lowest BCUT2D eigenvalue weighted by Gasteiger charge is -2.30. The molecule has 2 heteroatoms. The topological polar surface area (TPSA) is 12.0 Å². The Bertz CT molecular complexity index is 175. The molecule has 0 amide bonds. The van der Waals surface area contributed by atoms with Crippen molar-refractivity contribution in [2.75, 3.05) is 0 Å². The summed E-state index contributed by atoms with van der Waals surface area (Å²) in [4.78, 5) is 0. The fourth-order valence-corrected chi connectivity index (χ4v) is 2.83. The van der Waals surface area contributed by atoms with E-state index >= 15 is 0 Å². The van der Waals surface area contributed by atoms with Gasteiger partial charge >= 0.3 is 0 Å². The van der Waals surface area contributed by atoms with Gasteiger partial charge in [0, 0.05) is 12.1 Å². The fraction of sp³-hybridized carbons (Fsp3) is 1.00. The van der Waals surface area contributed by atoms with Crippen LogP contribution in [0.5, 0.6) is 0 Å². The molecule has 0 aromatic rings. The summed E-state index contributed by atoms with van der Waals surface area (Å²) in [7, 11) is 0. The third-order valence-electron chi connectivity index (χ3n) is 3.90. The van der Waals surface area contributed by atoms with Crippen LogP contribution in [0.15, 0.2) is 0 Å². The van der Waals surface area contributed by atoms with Gasteiger partial charge in [-0.15, -0.1) is 0 Å². The first kappa shape index (κ1) is 10.4. The second kappa shape index (κ2) is 4.61. The van der Waals surface area contributed by atoms with E-state index in [0.717, 1.165) is 25.2 Å². The van der Waals surface area contributed by atoms with Crippen molar-refractivity contribution in [2.24, 2.45) is 5.92 Å². The number of alkyl halides is 1. The van der Waals surface area contributed by atoms with Crippen molar-refractivity contribution >= 4 is 0 Å². The van der Waals surface area contributed by atoms with Gasteiger partial charge in [0.1, 0.15) is 6.17 Å². The molecule has 0 spiro atoms. The summed E-state index contributed by atoms with van der Waals surface area (Å²) in [6, 6.07) is 0.779. The molecule has 2 aliphatic carbocycles. The Labute approximate surface area is 86.5 Å². The molecule has 0 saturated heterocycles. The summed E-state index contributed by atoms with van der Waals surface area (Å²) in [5.74, 6) is 0.887. The monoisotopic (exact) mass is 199 g/mol. The van der Waals surface area contributed by atoms with Crippen molar-refractivity contribution in [1.82, 2.24) is 5.32 Å². The molecule has 2 rings (SSSR count). The van der Waals surface area contributed by atoms with E-state index in [1.165, 1.54) is 25.7 Å². The summed E-state index contributed by atoms with van der Waals surface area (Å²) >= 11 is 0. The molecule has 0 radical (unpaired) electrons. The summed E-state index contributed by atoms with van der Waals surface area (Å²) in [5.41, 5.74) is 0. The molecule has 0 aromatic carbocycles. The van der Waals surface area contributed by atoms with Gasteiger partial charge in [0.05, 0.1) is 0 Å². The van der Waals surface area contributed by atoms with E-state index in [0.29, 0.717) is 6.04 Å². The molecule has 82 valence electrons. The molecule has 1 N–H and O–H groups in total. The third kappa shape index (κ3) is 2.47. The maximum absolute atomic E-state index is 13.4. The largest absolute Gasteiger partial charge is 0.308 e. The Balaban J connectivity index is 1.74. The van der Waals surface area contributed by atoms with Crippen molar-refractivity contribution < 1.29 is 4.39 Å². The maximum atomic E-state index is 13.4. The van der Waals surface area contributed by atoms with Crippen LogP contribution in [0.2, 0.25) is 0 Å². The van der Waals surface area contributed by atoms with Gasteiger partial charge in [-0.25, -0.2) is 4.39 Å². The number of rotatable bonds is 2. The second-order valence-corrected chi connectivity index (χ2v) is 5.18. The minimum atomic E-state index is -0.575. The smallest absolute Gasteiger partial charge is 0.115 e. The lowest BCUT2D eigenvalue weighted by atomic mass is 9.87. The lowest BCUT2D eigenvalue weighted by Crippen LogP contribution is -2.42. The highest BCUT2D eigenvalue weighted by Gasteiger charge is 2.29. The van der Waals surface area contributed by atoms with E-state index < -0.39 is 6.17 Å². The Morgan fingerprint density at radius 2 is 1.71 bits per heavy atom. The molecule has 14 heavy (non-hydrogen) atoms. The Morgan fingerprint density at radius 3 is 2.29 bits per heavy atom. The minimum absolute atomic E-state index is 0.174. The van der Waals surface area contributed by atoms with E-state index in [1.54, 1.807) is 0 Å². The van der Waals surface area contributed by atoms with E-state index in [-0.39, 0.29) is 6.04 Å². The zero-order chi connectivity index (χ0) is 9.97. The maximum Gasteiger partial charge on any atom is 0.115 e. The predicted octanol–water partition coefficient (Wildman–Crippen LogP) is 3.05. The van der Waals surface area contributed by atoms with Gasteiger partial charge in [-0.2, -0.15) is 0 Å². The lowest BCUT2D eigenvalue weighted by molar-refractivity contribution is 0.229. The summed E-state index contributed by atoms with van der Waals surface area (Å²) in [5, 5.41) is 3.51. The van der Waals surface area contributed by atoms with Gasteiger partial charge in [0.2, 0.25) is 0 Å². The van der Waals surface area contributed by atoms with Crippen LogP contribution in [0.3, 0.4) is 0 Å². The summed E-state index contributed by atoms with van der Waals surface area (Å²) in [6.07, 6.45) is 7.47. The Hall–Kier alpha value is -0.110. The van der Waals surface area contributed by atoms with Crippen molar-refractivity contribution in [3.05, 3.63) is 0 Å². The highest BCUT2D eigenvalue weighted by molar-refractivity contribution is 4.87. The number of hydrogen-bond acceptors (Lipinski definition) is 1. The van der Waals surface area contributed by atoms with Crippen LogP contribution < -0.4 is 5.32 Å². The molecule has 2 fully saturated rings. The molecule has 0 unspecified atom stereocenters. The molecule has 0 heterocycles. The van der Waals surface area contributed by atoms with Crippen LogP contribution in [0.1, 0.15) is 51.9 Å². The molecule has 0 aromatic heterocycles. The standard InChI is InChI=1S/C12H22FN/c1-9-5-7-10(8-6-9)14-12-4-2-3-11(12)13/h9-12,14H,2-8H2,1H3/t9?,10?,11-,12-/m1/s1. The van der Waals surface area contributed by atoms with Crippen molar-refractivity contribution in [3.63, 3.8) is 0 Å². The minimum Gasteiger partial charge on any atom is -0.308 e. The summed E-state index contributed by atoms with van der Waals surface area (Å²) < 4.78 is 13.4. The molecular formula is C12H22FN. The second-order valence-electron chi connectivity index (χ2n) is 5.18. The average molecular weight is 199 g/mol. The molecule has 0 aliphatic heterocycles. The Morgan fingerprint density at radius 1 is 1.00 bits per heavy atom. The van der Waals surface area contributed by atoms with Gasteiger partial charge in [0.25, 0.3) is 0 Å². The zero-order valence-corrected chi connectivity index (χ0v) is 9.14. The molecule has 2 aliphatic rings. The number of hydrogen-bond donors (Lipinski definition) is 1. The third-order valence-corrected chi connectivity index (χ3v) is 3.90. The first-order valence-electron chi connectivity index (χ1n) is 6.16. The first-order chi connectivity index (χ1) is 6.75. The average Bonchev–Trinajstić information content (AvgIpc) is 2.56. The zero-order valence-electron chi connectivity index (χ0n) is 9.14. The van der Waals surface area contributed by atoms with Crippen LogP contribution >= 0.6 is 0 Å². The van der Waals surface area contributed by atoms with E-state index in [1.807, 2.05) is 0 Å². The van der Waals surface area contributed by atoms with Crippen molar-refractivity contribution in [3.8, 4) is 0 Å². The molecular weight excluding hydrogens is 177 g/mol. The van der Waals surface area contributed by atoms with Crippen molar-refractivity contribution in [1.29, 1.82) is 0 Å². The van der Waals surface area contributed by atoms with Gasteiger partial charge in [-0.3, -0.25) is 0 Å². The van der Waals surface area contributed by atoms with Crippen LogP contribution in [0, 0.1) is 5.92 Å². The highest BCUT2D eigenvalue weighted by atomic mass is 19.1. The molecule has 2 atom stereocenters. The molecule has 1 nitrogen and oxygen atoms in total. The molecule has 2 saturated carbocycles. The van der Waals surface area contributed by atoms with Crippen molar-refractivity contribution in [2.45, 2.75) is 70.1 Å². The van der Waals surface area contributed by atoms with Gasteiger partial charge < -0.3 is 5.32 Å². The van der Waals surface area contributed by atoms with Gasteiger partial charge in [-0.05, 0) is 50.9 Å². The fourth-order valence-electron chi connectivity index (χ4n) is 2.83. The summed E-state index contributed by atoms with van der Waals surface area (Å²) in [6.45, 7) is 2.32. The van der Waals surface area contributed by atoms with Crippen LogP contribution in [0.25, 0.3) is 0 Å². The quantitative estimate of drug-likeness (QED) is 0.720. The van der Waals surface area contributed by atoms with Gasteiger partial charge in [-0.1, -0.05) is 6.92 Å². The Kier molecular flexibility index (Phi) is 3.42. The predicted molar refractivity (Wildman–Crippen MR) is 57.1 cm³/mol. The van der Waals surface area contributed by atoms with E-state index in [4.69, 9.17) is 0 Å². The van der Waals surface area contributed by atoms with E-state index in [2.05, 4.69) is 12.2 Å². The number of nitrogens with one attached hydrogen (secondary N) is 1. The highest BCUT2D eigenvalue weighted by Crippen LogP contribution is 2.27. The van der Waals surface area contributed by atoms with E-state index in [9.17, 15) is 4.39 Å². The SMILES string of the molecule is CC1CCC(N[C@@H]2CCC[C@H]2F)CC1. The van der Waals surface area contributed by atoms with Crippen LogP contribution in [-0.2, 0) is 0 Å². The van der Waals surface area contributed by atoms with Crippen LogP contribution in [-0.4, -0.2) is 18.3 Å². The van der Waals surface area contributed by atoms with Crippen LogP contribution in [0.4, 0.5) is 4.39 Å². The number of halogens is 1. The normalized spacial score (nSPS) is 44.1. The molecule has 0 bridgehead atoms. The van der Waals surface area contributed by atoms with Gasteiger partial charge in [0.15, 0.2) is 0 Å².